The molecule has 0 bridgehead atoms. The molecule has 0 aromatic carbocycles. The van der Waals surface area contributed by atoms with Gasteiger partial charge in [0.25, 0.3) is 0 Å². The van der Waals surface area contributed by atoms with Gasteiger partial charge >= 0.3 is 18.0 Å². The first-order valence-corrected chi connectivity index (χ1v) is 5.41. The number of carbonyl (C=O) groups excluding carboxylic acids is 3. The van der Waals surface area contributed by atoms with Crippen molar-refractivity contribution in [1.29, 1.82) is 0 Å². The maximum absolute atomic E-state index is 11.1. The molecule has 0 aliphatic heterocycles. The van der Waals surface area contributed by atoms with Crippen molar-refractivity contribution in [2.45, 2.75) is 13.8 Å². The molecule has 7 nitrogen and oxygen atoms in total. The molecular formula is C11H18N2O5. The summed E-state index contributed by atoms with van der Waals surface area (Å²) in [6.45, 7) is 6.85. The summed E-state index contributed by atoms with van der Waals surface area (Å²) in [4.78, 5) is 32.5. The molecule has 0 unspecified atom stereocenters. The molecular weight excluding hydrogens is 240 g/mol. The third kappa shape index (κ3) is 9.20. The number of nitrogens with one attached hydrogen (secondary N) is 2. The quantitative estimate of drug-likeness (QED) is 0.380. The van der Waals surface area contributed by atoms with E-state index in [1.54, 1.807) is 0 Å². The fourth-order valence-corrected chi connectivity index (χ4v) is 0.853. The third-order valence-electron chi connectivity index (χ3n) is 1.66. The minimum atomic E-state index is -0.493. The van der Waals surface area contributed by atoms with Crippen LogP contribution < -0.4 is 10.6 Å². The van der Waals surface area contributed by atoms with Gasteiger partial charge in [0, 0.05) is 12.5 Å². The number of ether oxygens (including phenoxy) is 2. The van der Waals surface area contributed by atoms with Crippen molar-refractivity contribution in [2.75, 3.05) is 26.3 Å². The Bertz CT molecular complexity index is 327. The molecule has 0 fully saturated rings. The van der Waals surface area contributed by atoms with Crippen LogP contribution in [0.1, 0.15) is 13.8 Å². The van der Waals surface area contributed by atoms with Crippen molar-refractivity contribution in [3.8, 4) is 0 Å². The van der Waals surface area contributed by atoms with Crippen molar-refractivity contribution in [1.82, 2.24) is 10.6 Å². The molecule has 0 spiro atoms. The van der Waals surface area contributed by atoms with E-state index in [1.807, 2.05) is 0 Å². The molecule has 2 N–H and O–H groups in total. The highest BCUT2D eigenvalue weighted by Gasteiger charge is 2.03. The van der Waals surface area contributed by atoms with Crippen molar-refractivity contribution in [3.05, 3.63) is 12.2 Å². The number of rotatable bonds is 7. The van der Waals surface area contributed by atoms with Gasteiger partial charge in [-0.3, -0.25) is 4.79 Å². The van der Waals surface area contributed by atoms with Gasteiger partial charge < -0.3 is 20.1 Å². The van der Waals surface area contributed by atoms with E-state index in [0.29, 0.717) is 5.57 Å². The Labute approximate surface area is 106 Å². The van der Waals surface area contributed by atoms with Gasteiger partial charge in [-0.25, -0.2) is 9.59 Å². The van der Waals surface area contributed by atoms with E-state index in [9.17, 15) is 14.4 Å². The van der Waals surface area contributed by atoms with Crippen LogP contribution in [0.15, 0.2) is 12.2 Å². The van der Waals surface area contributed by atoms with Crippen LogP contribution >= 0.6 is 0 Å². The molecule has 0 saturated heterocycles. The fraction of sp³-hybridized carbons (Fsp3) is 0.545. The largest absolute Gasteiger partial charge is 0.464 e. The van der Waals surface area contributed by atoms with Crippen molar-refractivity contribution >= 4 is 18.0 Å². The fourth-order valence-electron chi connectivity index (χ4n) is 0.853. The molecule has 0 saturated carbocycles. The molecule has 7 heteroatoms. The molecule has 0 aliphatic carbocycles. The zero-order valence-corrected chi connectivity index (χ0v) is 10.6. The Hall–Kier alpha value is -2.05. The highest BCUT2D eigenvalue weighted by molar-refractivity contribution is 5.86. The Morgan fingerprint density at radius 3 is 1.94 bits per heavy atom. The number of carbonyl (C=O) groups is 3. The van der Waals surface area contributed by atoms with E-state index >= 15 is 0 Å². The van der Waals surface area contributed by atoms with Crippen LogP contribution in [0, 0.1) is 0 Å². The SMILES string of the molecule is C=C(C)C(=O)OCCNC(=O)NCCOC(C)=O. The van der Waals surface area contributed by atoms with Gasteiger partial charge in [-0.15, -0.1) is 0 Å². The molecule has 0 atom stereocenters. The summed E-state index contributed by atoms with van der Waals surface area (Å²) < 4.78 is 9.38. The maximum Gasteiger partial charge on any atom is 0.333 e. The number of amides is 2. The number of urea groups is 1. The van der Waals surface area contributed by atoms with Gasteiger partial charge in [-0.2, -0.15) is 0 Å². The summed E-state index contributed by atoms with van der Waals surface area (Å²) in [6, 6.07) is -0.423. The summed E-state index contributed by atoms with van der Waals surface area (Å²) in [7, 11) is 0. The van der Waals surface area contributed by atoms with Crippen molar-refractivity contribution in [3.63, 3.8) is 0 Å². The minimum Gasteiger partial charge on any atom is -0.464 e. The van der Waals surface area contributed by atoms with E-state index in [4.69, 9.17) is 4.74 Å². The summed E-state index contributed by atoms with van der Waals surface area (Å²) in [5.74, 6) is -0.893. The van der Waals surface area contributed by atoms with E-state index in [0.717, 1.165) is 0 Å². The minimum absolute atomic E-state index is 0.0725. The first kappa shape index (κ1) is 16.0. The Kier molecular flexibility index (Phi) is 8.00. The highest BCUT2D eigenvalue weighted by Crippen LogP contribution is 1.90. The lowest BCUT2D eigenvalue weighted by Gasteiger charge is -2.08. The second-order valence-corrected chi connectivity index (χ2v) is 3.44. The predicted molar refractivity (Wildman–Crippen MR) is 63.8 cm³/mol. The lowest BCUT2D eigenvalue weighted by molar-refractivity contribution is -0.141. The van der Waals surface area contributed by atoms with Crippen molar-refractivity contribution in [2.24, 2.45) is 0 Å². The lowest BCUT2D eigenvalue weighted by Crippen LogP contribution is -2.39. The molecule has 0 aromatic heterocycles. The van der Waals surface area contributed by atoms with Gasteiger partial charge in [0.05, 0.1) is 13.1 Å². The van der Waals surface area contributed by atoms with Crippen LogP contribution in [0.2, 0.25) is 0 Å². The molecule has 0 aromatic rings. The normalized spacial score (nSPS) is 9.22. The van der Waals surface area contributed by atoms with E-state index in [-0.39, 0.29) is 26.3 Å². The third-order valence-corrected chi connectivity index (χ3v) is 1.66. The van der Waals surface area contributed by atoms with E-state index < -0.39 is 18.0 Å². The molecule has 102 valence electrons. The smallest absolute Gasteiger partial charge is 0.333 e. The van der Waals surface area contributed by atoms with Crippen LogP contribution in [0.3, 0.4) is 0 Å². The molecule has 2 amide bonds. The maximum atomic E-state index is 11.1. The Morgan fingerprint density at radius 1 is 1.00 bits per heavy atom. The van der Waals surface area contributed by atoms with Crippen LogP contribution in [0.4, 0.5) is 4.79 Å². The molecule has 0 radical (unpaired) electrons. The number of esters is 2. The zero-order chi connectivity index (χ0) is 14.0. The summed E-state index contributed by atoms with van der Waals surface area (Å²) in [6.07, 6.45) is 0. The first-order chi connectivity index (χ1) is 8.43. The second-order valence-electron chi connectivity index (χ2n) is 3.44. The lowest BCUT2D eigenvalue weighted by atomic mass is 10.4. The van der Waals surface area contributed by atoms with Gasteiger partial charge in [0.15, 0.2) is 0 Å². The summed E-state index contributed by atoms with van der Waals surface area (Å²) in [5.41, 5.74) is 0.306. The van der Waals surface area contributed by atoms with Gasteiger partial charge in [0.2, 0.25) is 0 Å². The Balaban J connectivity index is 3.45. The number of hydrogen-bond donors (Lipinski definition) is 2. The highest BCUT2D eigenvalue weighted by atomic mass is 16.5. The van der Waals surface area contributed by atoms with E-state index in [2.05, 4.69) is 21.9 Å². The molecule has 0 heterocycles. The summed E-state index contributed by atoms with van der Waals surface area (Å²) in [5, 5.41) is 4.93. The predicted octanol–water partition coefficient (Wildman–Crippen LogP) is -0.0320. The molecule has 18 heavy (non-hydrogen) atoms. The Morgan fingerprint density at radius 2 is 1.50 bits per heavy atom. The molecule has 0 rings (SSSR count). The zero-order valence-electron chi connectivity index (χ0n) is 10.6. The summed E-state index contributed by atoms with van der Waals surface area (Å²) >= 11 is 0. The average molecular weight is 258 g/mol. The van der Waals surface area contributed by atoms with E-state index in [1.165, 1.54) is 13.8 Å². The average Bonchev–Trinajstić information content (AvgIpc) is 2.29. The van der Waals surface area contributed by atoms with Crippen molar-refractivity contribution < 1.29 is 23.9 Å². The standard InChI is InChI=1S/C11H18N2O5/c1-8(2)10(15)18-7-5-13-11(16)12-4-6-17-9(3)14/h1,4-7H2,2-3H3,(H2,12,13,16). The van der Waals surface area contributed by atoms with Crippen LogP contribution in [-0.4, -0.2) is 44.3 Å². The van der Waals surface area contributed by atoms with Crippen LogP contribution in [-0.2, 0) is 19.1 Å². The first-order valence-electron chi connectivity index (χ1n) is 5.41. The van der Waals surface area contributed by atoms with Crippen LogP contribution in [0.5, 0.6) is 0 Å². The topological polar surface area (TPSA) is 93.7 Å². The second kappa shape index (κ2) is 9.03. The molecule has 0 aliphatic rings. The van der Waals surface area contributed by atoms with Gasteiger partial charge in [-0.1, -0.05) is 6.58 Å². The van der Waals surface area contributed by atoms with Gasteiger partial charge in [-0.05, 0) is 6.92 Å². The van der Waals surface area contributed by atoms with Crippen LogP contribution in [0.25, 0.3) is 0 Å². The monoisotopic (exact) mass is 258 g/mol. The number of hydrogen-bond acceptors (Lipinski definition) is 5. The van der Waals surface area contributed by atoms with Gasteiger partial charge in [0.1, 0.15) is 13.2 Å².